The highest BCUT2D eigenvalue weighted by Crippen LogP contribution is 2.29. The van der Waals surface area contributed by atoms with E-state index in [1.807, 2.05) is 42.5 Å². The zero-order valence-corrected chi connectivity index (χ0v) is 11.9. The molecule has 0 fully saturated rings. The van der Waals surface area contributed by atoms with Crippen molar-refractivity contribution in [3.63, 3.8) is 0 Å². The van der Waals surface area contributed by atoms with Gasteiger partial charge in [-0.15, -0.1) is 13.2 Å². The maximum Gasteiger partial charge on any atom is 0.222 e. The molecule has 0 aliphatic carbocycles. The van der Waals surface area contributed by atoms with Gasteiger partial charge >= 0.3 is 0 Å². The van der Waals surface area contributed by atoms with Crippen molar-refractivity contribution in [2.45, 2.75) is 5.25 Å². The number of fused-ring (bicyclic) bond motifs is 1. The summed E-state index contributed by atoms with van der Waals surface area (Å²) in [5, 5.41) is 1.15. The minimum Gasteiger partial charge on any atom is -0.211 e. The lowest BCUT2D eigenvalue weighted by Gasteiger charge is -2.16. The SMILES string of the molecule is C=CCNS(=O)(=O)C(C=C)c1cccc2ccccc12. The highest BCUT2D eigenvalue weighted by Gasteiger charge is 2.24. The van der Waals surface area contributed by atoms with E-state index in [9.17, 15) is 8.42 Å². The van der Waals surface area contributed by atoms with Gasteiger partial charge in [0.25, 0.3) is 0 Å². The van der Waals surface area contributed by atoms with Crippen LogP contribution >= 0.6 is 0 Å². The summed E-state index contributed by atoms with van der Waals surface area (Å²) in [6, 6.07) is 13.4. The van der Waals surface area contributed by atoms with Crippen molar-refractivity contribution in [2.24, 2.45) is 0 Å². The van der Waals surface area contributed by atoms with Crippen molar-refractivity contribution < 1.29 is 8.42 Å². The predicted octanol–water partition coefficient (Wildman–Crippen LogP) is 3.17. The monoisotopic (exact) mass is 287 g/mol. The zero-order chi connectivity index (χ0) is 14.6. The molecule has 2 aromatic rings. The van der Waals surface area contributed by atoms with Crippen LogP contribution in [0, 0.1) is 0 Å². The highest BCUT2D eigenvalue weighted by molar-refractivity contribution is 7.89. The summed E-state index contributed by atoms with van der Waals surface area (Å²) in [6.07, 6.45) is 2.97. The van der Waals surface area contributed by atoms with Crippen LogP contribution in [0.25, 0.3) is 10.8 Å². The number of benzene rings is 2. The molecule has 2 aromatic carbocycles. The molecular formula is C16H17NO2S. The zero-order valence-electron chi connectivity index (χ0n) is 11.1. The molecule has 0 radical (unpaired) electrons. The Bertz CT molecular complexity index is 730. The van der Waals surface area contributed by atoms with Crippen molar-refractivity contribution in [3.8, 4) is 0 Å². The molecule has 0 saturated heterocycles. The van der Waals surface area contributed by atoms with Crippen molar-refractivity contribution in [2.75, 3.05) is 6.54 Å². The smallest absolute Gasteiger partial charge is 0.211 e. The van der Waals surface area contributed by atoms with Crippen LogP contribution in [-0.2, 0) is 10.0 Å². The third-order valence-corrected chi connectivity index (χ3v) is 4.79. The molecule has 0 aromatic heterocycles. The maximum atomic E-state index is 12.3. The van der Waals surface area contributed by atoms with Gasteiger partial charge in [-0.05, 0) is 16.3 Å². The van der Waals surface area contributed by atoms with Gasteiger partial charge in [-0.3, -0.25) is 0 Å². The Kier molecular flexibility index (Phi) is 4.37. The summed E-state index contributed by atoms with van der Waals surface area (Å²) < 4.78 is 27.2. The Morgan fingerprint density at radius 3 is 2.50 bits per heavy atom. The molecule has 0 bridgehead atoms. The van der Waals surface area contributed by atoms with Crippen LogP contribution in [0.4, 0.5) is 0 Å². The van der Waals surface area contributed by atoms with Gasteiger partial charge in [0.1, 0.15) is 5.25 Å². The van der Waals surface area contributed by atoms with Crippen LogP contribution in [0.1, 0.15) is 10.8 Å². The summed E-state index contributed by atoms with van der Waals surface area (Å²) in [7, 11) is -3.52. The molecular weight excluding hydrogens is 270 g/mol. The quantitative estimate of drug-likeness (QED) is 0.829. The lowest BCUT2D eigenvalue weighted by molar-refractivity contribution is 0.580. The Labute approximate surface area is 119 Å². The van der Waals surface area contributed by atoms with Gasteiger partial charge < -0.3 is 0 Å². The van der Waals surface area contributed by atoms with E-state index < -0.39 is 15.3 Å². The standard InChI is InChI=1S/C16H17NO2S/c1-3-12-17-20(18,19)16(4-2)15-11-7-9-13-8-5-6-10-14(13)15/h3-11,16-17H,1-2,12H2. The van der Waals surface area contributed by atoms with Crippen molar-refractivity contribution in [1.29, 1.82) is 0 Å². The highest BCUT2D eigenvalue weighted by atomic mass is 32.2. The van der Waals surface area contributed by atoms with Crippen LogP contribution in [0.2, 0.25) is 0 Å². The number of nitrogens with one attached hydrogen (secondary N) is 1. The summed E-state index contributed by atoms with van der Waals surface area (Å²) >= 11 is 0. The molecule has 0 spiro atoms. The summed E-state index contributed by atoms with van der Waals surface area (Å²) in [6.45, 7) is 7.40. The van der Waals surface area contributed by atoms with E-state index in [1.54, 1.807) is 0 Å². The lowest BCUT2D eigenvalue weighted by atomic mass is 10.0. The molecule has 0 amide bonds. The Morgan fingerprint density at radius 2 is 1.80 bits per heavy atom. The predicted molar refractivity (Wildman–Crippen MR) is 84.0 cm³/mol. The molecule has 3 nitrogen and oxygen atoms in total. The number of rotatable bonds is 6. The fourth-order valence-corrected chi connectivity index (χ4v) is 3.51. The van der Waals surface area contributed by atoms with Gasteiger partial charge in [0.2, 0.25) is 10.0 Å². The van der Waals surface area contributed by atoms with Gasteiger partial charge in [0.15, 0.2) is 0 Å². The molecule has 1 unspecified atom stereocenters. The van der Waals surface area contributed by atoms with Gasteiger partial charge in [-0.2, -0.15) is 0 Å². The molecule has 2 rings (SSSR count). The van der Waals surface area contributed by atoms with Gasteiger partial charge in [-0.1, -0.05) is 54.6 Å². The molecule has 1 N–H and O–H groups in total. The molecule has 0 aliphatic rings. The van der Waals surface area contributed by atoms with E-state index in [0.29, 0.717) is 0 Å². The minimum atomic E-state index is -3.52. The largest absolute Gasteiger partial charge is 0.222 e. The first-order valence-electron chi connectivity index (χ1n) is 6.29. The van der Waals surface area contributed by atoms with E-state index in [0.717, 1.165) is 16.3 Å². The third-order valence-electron chi connectivity index (χ3n) is 3.11. The van der Waals surface area contributed by atoms with Crippen LogP contribution in [0.15, 0.2) is 67.8 Å². The first-order valence-corrected chi connectivity index (χ1v) is 7.84. The van der Waals surface area contributed by atoms with Crippen LogP contribution in [-0.4, -0.2) is 15.0 Å². The number of hydrogen-bond acceptors (Lipinski definition) is 2. The Morgan fingerprint density at radius 1 is 1.10 bits per heavy atom. The van der Waals surface area contributed by atoms with Crippen LogP contribution < -0.4 is 4.72 Å². The third kappa shape index (κ3) is 2.81. The molecule has 20 heavy (non-hydrogen) atoms. The second-order valence-corrected chi connectivity index (χ2v) is 6.29. The molecule has 0 heterocycles. The van der Waals surface area contributed by atoms with E-state index in [-0.39, 0.29) is 6.54 Å². The van der Waals surface area contributed by atoms with Gasteiger partial charge in [0, 0.05) is 6.54 Å². The average Bonchev–Trinajstić information content (AvgIpc) is 2.46. The van der Waals surface area contributed by atoms with Crippen molar-refractivity contribution in [3.05, 3.63) is 73.3 Å². The fourth-order valence-electron chi connectivity index (χ4n) is 2.18. The second-order valence-electron chi connectivity index (χ2n) is 4.41. The Hall–Kier alpha value is -1.91. The van der Waals surface area contributed by atoms with Crippen LogP contribution in [0.5, 0.6) is 0 Å². The molecule has 1 atom stereocenters. The van der Waals surface area contributed by atoms with Crippen molar-refractivity contribution in [1.82, 2.24) is 4.72 Å². The first-order chi connectivity index (χ1) is 9.60. The molecule has 4 heteroatoms. The van der Waals surface area contributed by atoms with Crippen LogP contribution in [0.3, 0.4) is 0 Å². The number of sulfonamides is 1. The van der Waals surface area contributed by atoms with E-state index >= 15 is 0 Å². The average molecular weight is 287 g/mol. The van der Waals surface area contributed by atoms with E-state index in [2.05, 4.69) is 17.9 Å². The van der Waals surface area contributed by atoms with Gasteiger partial charge in [0.05, 0.1) is 0 Å². The normalized spacial score (nSPS) is 13.0. The lowest BCUT2D eigenvalue weighted by Crippen LogP contribution is -2.28. The second kappa shape index (κ2) is 6.03. The number of hydrogen-bond donors (Lipinski definition) is 1. The van der Waals surface area contributed by atoms with E-state index in [4.69, 9.17) is 0 Å². The first kappa shape index (κ1) is 14.5. The molecule has 0 saturated carbocycles. The van der Waals surface area contributed by atoms with Crippen molar-refractivity contribution >= 4 is 20.8 Å². The maximum absolute atomic E-state index is 12.3. The topological polar surface area (TPSA) is 46.2 Å². The summed E-state index contributed by atoms with van der Waals surface area (Å²) in [5.74, 6) is 0. The summed E-state index contributed by atoms with van der Waals surface area (Å²) in [4.78, 5) is 0. The Balaban J connectivity index is 2.55. The summed E-state index contributed by atoms with van der Waals surface area (Å²) in [5.41, 5.74) is 0.731. The minimum absolute atomic E-state index is 0.206. The van der Waals surface area contributed by atoms with E-state index in [1.165, 1.54) is 12.2 Å². The fraction of sp³-hybridized carbons (Fsp3) is 0.125. The molecule has 104 valence electrons. The van der Waals surface area contributed by atoms with Gasteiger partial charge in [-0.25, -0.2) is 13.1 Å². The molecule has 0 aliphatic heterocycles.